The maximum absolute atomic E-state index is 13.4. The van der Waals surface area contributed by atoms with Gasteiger partial charge in [-0.2, -0.15) is 0 Å². The summed E-state index contributed by atoms with van der Waals surface area (Å²) >= 11 is 6.33. The Hall–Kier alpha value is -3.10. The van der Waals surface area contributed by atoms with Crippen molar-refractivity contribution < 1.29 is 18.0 Å². The van der Waals surface area contributed by atoms with Crippen molar-refractivity contribution in [1.82, 2.24) is 10.2 Å². The lowest BCUT2D eigenvalue weighted by atomic mass is 10.1. The lowest BCUT2D eigenvalue weighted by molar-refractivity contribution is -0.140. The highest BCUT2D eigenvalue weighted by Crippen LogP contribution is 2.42. The molecule has 0 unspecified atom stereocenters. The van der Waals surface area contributed by atoms with Crippen LogP contribution in [0.2, 0.25) is 5.02 Å². The van der Waals surface area contributed by atoms with Gasteiger partial charge in [0.05, 0.1) is 10.6 Å². The Kier molecular flexibility index (Phi) is 7.57. The highest BCUT2D eigenvalue weighted by atomic mass is 35.5. The van der Waals surface area contributed by atoms with Crippen molar-refractivity contribution in [2.45, 2.75) is 57.1 Å². The lowest BCUT2D eigenvalue weighted by Crippen LogP contribution is -2.49. The summed E-state index contributed by atoms with van der Waals surface area (Å²) < 4.78 is 27.8. The van der Waals surface area contributed by atoms with Crippen LogP contribution in [-0.2, 0) is 26.2 Å². The van der Waals surface area contributed by atoms with Gasteiger partial charge in [-0.25, -0.2) is 8.42 Å². The van der Waals surface area contributed by atoms with E-state index in [1.165, 1.54) is 9.21 Å². The van der Waals surface area contributed by atoms with Crippen molar-refractivity contribution in [1.29, 1.82) is 0 Å². The van der Waals surface area contributed by atoms with Crippen LogP contribution in [0.25, 0.3) is 10.8 Å². The standard InChI is InChI=1S/C27H30ClN3O4S/c1-18(2)29-27(33)19(3)30(17-21-9-4-5-12-22(21)28)25(32)15-8-16-31-23-13-6-10-20-11-7-14-24(26(20)23)36(31,34)35/h4-7,9-14,18-19H,8,15-17H2,1-3H3,(H,29,33)/t19-/m1/s1. The van der Waals surface area contributed by atoms with Gasteiger partial charge in [-0.3, -0.25) is 13.9 Å². The predicted molar refractivity (Wildman–Crippen MR) is 142 cm³/mol. The Balaban J connectivity index is 1.51. The molecule has 0 aromatic heterocycles. The number of benzene rings is 3. The van der Waals surface area contributed by atoms with E-state index in [4.69, 9.17) is 11.6 Å². The fraction of sp³-hybridized carbons (Fsp3) is 0.333. The predicted octanol–water partition coefficient (Wildman–Crippen LogP) is 4.72. The summed E-state index contributed by atoms with van der Waals surface area (Å²) in [7, 11) is -3.69. The molecule has 0 fully saturated rings. The molecule has 0 saturated heterocycles. The van der Waals surface area contributed by atoms with Gasteiger partial charge in [0, 0.05) is 36.0 Å². The number of rotatable bonds is 9. The van der Waals surface area contributed by atoms with E-state index >= 15 is 0 Å². The molecular weight excluding hydrogens is 498 g/mol. The average molecular weight is 528 g/mol. The van der Waals surface area contributed by atoms with Crippen molar-refractivity contribution >= 4 is 49.9 Å². The molecule has 4 rings (SSSR count). The van der Waals surface area contributed by atoms with Crippen molar-refractivity contribution in [2.75, 3.05) is 10.8 Å². The molecule has 0 aliphatic carbocycles. The van der Waals surface area contributed by atoms with Gasteiger partial charge < -0.3 is 10.2 Å². The molecule has 190 valence electrons. The Morgan fingerprint density at radius 3 is 2.39 bits per heavy atom. The highest BCUT2D eigenvalue weighted by molar-refractivity contribution is 7.93. The van der Waals surface area contributed by atoms with Crippen LogP contribution >= 0.6 is 11.6 Å². The van der Waals surface area contributed by atoms with Crippen LogP contribution in [0.1, 0.15) is 39.2 Å². The van der Waals surface area contributed by atoms with E-state index in [0.29, 0.717) is 27.4 Å². The molecule has 3 aromatic carbocycles. The third-order valence-electron chi connectivity index (χ3n) is 6.33. The van der Waals surface area contributed by atoms with E-state index in [1.807, 2.05) is 50.2 Å². The molecule has 7 nitrogen and oxygen atoms in total. The molecule has 1 aliphatic rings. The largest absolute Gasteiger partial charge is 0.352 e. The second-order valence-electron chi connectivity index (χ2n) is 9.26. The molecule has 1 heterocycles. The van der Waals surface area contributed by atoms with Crippen LogP contribution in [0.5, 0.6) is 0 Å². The van der Waals surface area contributed by atoms with Gasteiger partial charge in [0.25, 0.3) is 10.0 Å². The summed E-state index contributed by atoms with van der Waals surface area (Å²) in [5.74, 6) is -0.497. The molecule has 0 saturated carbocycles. The SMILES string of the molecule is CC(C)NC(=O)[C@@H](C)N(Cc1ccccc1Cl)C(=O)CCCN1c2cccc3cccc(c23)S1(=O)=O. The fourth-order valence-corrected chi connectivity index (χ4v) is 6.46. The van der Waals surface area contributed by atoms with E-state index < -0.39 is 16.1 Å². The topological polar surface area (TPSA) is 86.8 Å². The third-order valence-corrected chi connectivity index (χ3v) is 8.55. The van der Waals surface area contributed by atoms with Crippen LogP contribution < -0.4 is 9.62 Å². The molecule has 3 aromatic rings. The first-order chi connectivity index (χ1) is 17.1. The Morgan fingerprint density at radius 1 is 1.00 bits per heavy atom. The number of carbonyl (C=O) groups is 2. The number of nitrogens with one attached hydrogen (secondary N) is 1. The summed E-state index contributed by atoms with van der Waals surface area (Å²) in [6.45, 7) is 5.75. The Labute approximate surface area is 217 Å². The molecule has 0 radical (unpaired) electrons. The van der Waals surface area contributed by atoms with E-state index in [9.17, 15) is 18.0 Å². The number of anilines is 1. The van der Waals surface area contributed by atoms with Gasteiger partial charge in [0.15, 0.2) is 0 Å². The number of hydrogen-bond donors (Lipinski definition) is 1. The van der Waals surface area contributed by atoms with Gasteiger partial charge in [-0.1, -0.05) is 54.1 Å². The highest BCUT2D eigenvalue weighted by Gasteiger charge is 2.35. The lowest BCUT2D eigenvalue weighted by Gasteiger charge is -2.30. The summed E-state index contributed by atoms with van der Waals surface area (Å²) in [6, 6.07) is 17.2. The van der Waals surface area contributed by atoms with Gasteiger partial charge in [-0.15, -0.1) is 0 Å². The molecule has 0 bridgehead atoms. The molecular formula is C27H30ClN3O4S. The number of sulfonamides is 1. The van der Waals surface area contributed by atoms with Gasteiger partial charge in [0.2, 0.25) is 11.8 Å². The van der Waals surface area contributed by atoms with E-state index in [0.717, 1.165) is 10.9 Å². The molecule has 0 spiro atoms. The normalized spacial score (nSPS) is 14.8. The van der Waals surface area contributed by atoms with Crippen molar-refractivity contribution in [3.05, 3.63) is 71.2 Å². The Morgan fingerprint density at radius 2 is 1.69 bits per heavy atom. The van der Waals surface area contributed by atoms with Crippen molar-refractivity contribution in [3.8, 4) is 0 Å². The van der Waals surface area contributed by atoms with Crippen molar-refractivity contribution in [3.63, 3.8) is 0 Å². The van der Waals surface area contributed by atoms with Gasteiger partial charge >= 0.3 is 0 Å². The second-order valence-corrected chi connectivity index (χ2v) is 11.5. The van der Waals surface area contributed by atoms with Crippen molar-refractivity contribution in [2.24, 2.45) is 0 Å². The maximum atomic E-state index is 13.4. The monoisotopic (exact) mass is 527 g/mol. The summed E-state index contributed by atoms with van der Waals surface area (Å²) in [5, 5.41) is 4.95. The zero-order valence-electron chi connectivity index (χ0n) is 20.6. The van der Waals surface area contributed by atoms with E-state index in [1.54, 1.807) is 31.2 Å². The number of hydrogen-bond acceptors (Lipinski definition) is 4. The van der Waals surface area contributed by atoms with Crippen LogP contribution in [-0.4, -0.2) is 43.8 Å². The minimum atomic E-state index is -3.69. The van der Waals surface area contributed by atoms with Crippen LogP contribution in [0.3, 0.4) is 0 Å². The van der Waals surface area contributed by atoms with Crippen LogP contribution in [0.4, 0.5) is 5.69 Å². The summed E-state index contributed by atoms with van der Waals surface area (Å²) in [6.07, 6.45) is 0.391. The number of amides is 2. The van der Waals surface area contributed by atoms with Crippen LogP contribution in [0, 0.1) is 0 Å². The quantitative estimate of drug-likeness (QED) is 0.436. The number of nitrogens with zero attached hydrogens (tertiary/aromatic N) is 2. The van der Waals surface area contributed by atoms with E-state index in [2.05, 4.69) is 5.32 Å². The first-order valence-electron chi connectivity index (χ1n) is 12.0. The van der Waals surface area contributed by atoms with Gasteiger partial charge in [-0.05, 0) is 56.3 Å². The zero-order chi connectivity index (χ0) is 26.0. The van der Waals surface area contributed by atoms with Crippen LogP contribution in [0.15, 0.2) is 65.6 Å². The molecule has 9 heteroatoms. The maximum Gasteiger partial charge on any atom is 0.265 e. The molecule has 2 amide bonds. The third kappa shape index (κ3) is 5.06. The molecule has 1 N–H and O–H groups in total. The first kappa shape index (κ1) is 26.0. The number of halogens is 1. The summed E-state index contributed by atoms with van der Waals surface area (Å²) in [4.78, 5) is 27.9. The summed E-state index contributed by atoms with van der Waals surface area (Å²) in [5.41, 5.74) is 1.37. The zero-order valence-corrected chi connectivity index (χ0v) is 22.1. The molecule has 36 heavy (non-hydrogen) atoms. The average Bonchev–Trinajstić information content (AvgIpc) is 3.05. The second kappa shape index (κ2) is 10.5. The smallest absolute Gasteiger partial charge is 0.265 e. The molecule has 1 aliphatic heterocycles. The Bertz CT molecular complexity index is 1400. The minimum absolute atomic E-state index is 0.0677. The fourth-order valence-electron chi connectivity index (χ4n) is 4.51. The minimum Gasteiger partial charge on any atom is -0.352 e. The van der Waals surface area contributed by atoms with Gasteiger partial charge in [0.1, 0.15) is 6.04 Å². The van der Waals surface area contributed by atoms with E-state index in [-0.39, 0.29) is 37.4 Å². The molecule has 1 atom stereocenters. The number of carbonyl (C=O) groups excluding carboxylic acids is 2. The first-order valence-corrected chi connectivity index (χ1v) is 13.8.